The summed E-state index contributed by atoms with van der Waals surface area (Å²) < 4.78 is 0. The molecule has 0 aromatic carbocycles. The molecule has 1 saturated heterocycles. The number of aryl methyl sites for hydroxylation is 1. The van der Waals surface area contributed by atoms with Crippen molar-refractivity contribution in [3.05, 3.63) is 23.4 Å². The van der Waals surface area contributed by atoms with Crippen molar-refractivity contribution in [2.24, 2.45) is 0 Å². The highest BCUT2D eigenvalue weighted by atomic mass is 32.2. The highest BCUT2D eigenvalue weighted by Gasteiger charge is 2.18. The van der Waals surface area contributed by atoms with Crippen molar-refractivity contribution in [2.45, 2.75) is 25.6 Å². The summed E-state index contributed by atoms with van der Waals surface area (Å²) in [6.07, 6.45) is 0. The minimum Gasteiger partial charge on any atom is -0.355 e. The molecule has 3 nitrogen and oxygen atoms in total. The van der Waals surface area contributed by atoms with Gasteiger partial charge in [0.2, 0.25) is 0 Å². The van der Waals surface area contributed by atoms with Crippen molar-refractivity contribution in [1.82, 2.24) is 10.3 Å². The second kappa shape index (κ2) is 5.74. The van der Waals surface area contributed by atoms with Gasteiger partial charge in [0, 0.05) is 36.3 Å². The van der Waals surface area contributed by atoms with Crippen LogP contribution in [0.15, 0.2) is 12.1 Å². The molecule has 17 heavy (non-hydrogen) atoms. The normalized spacial score (nSPS) is 20.6. The standard InChI is InChI=1S/C13H21N3S/c1-10-9-16(6-7-17-10)13-5-4-12(8-14-3)11(2)15-13/h4-5,10,14H,6-9H2,1-3H3. The van der Waals surface area contributed by atoms with Gasteiger partial charge in [0.1, 0.15) is 5.82 Å². The zero-order valence-electron chi connectivity index (χ0n) is 10.9. The monoisotopic (exact) mass is 251 g/mol. The molecular formula is C13H21N3S. The molecule has 4 heteroatoms. The van der Waals surface area contributed by atoms with Crippen LogP contribution < -0.4 is 10.2 Å². The first-order valence-corrected chi connectivity index (χ1v) is 7.23. The zero-order chi connectivity index (χ0) is 12.3. The number of hydrogen-bond donors (Lipinski definition) is 1. The van der Waals surface area contributed by atoms with Gasteiger partial charge >= 0.3 is 0 Å². The molecule has 1 N–H and O–H groups in total. The van der Waals surface area contributed by atoms with E-state index in [1.54, 1.807) is 0 Å². The SMILES string of the molecule is CNCc1ccc(N2CCSC(C)C2)nc1C. The summed E-state index contributed by atoms with van der Waals surface area (Å²) >= 11 is 2.05. The topological polar surface area (TPSA) is 28.2 Å². The lowest BCUT2D eigenvalue weighted by molar-refractivity contribution is 0.761. The van der Waals surface area contributed by atoms with Crippen molar-refractivity contribution in [2.75, 3.05) is 30.8 Å². The molecule has 2 heterocycles. The largest absolute Gasteiger partial charge is 0.355 e. The predicted octanol–water partition coefficient (Wildman–Crippen LogP) is 2.05. The van der Waals surface area contributed by atoms with Crippen molar-refractivity contribution in [3.8, 4) is 0 Å². The Morgan fingerprint density at radius 1 is 1.53 bits per heavy atom. The summed E-state index contributed by atoms with van der Waals surface area (Å²) in [5, 5.41) is 3.88. The van der Waals surface area contributed by atoms with Crippen LogP contribution in [0.5, 0.6) is 0 Å². The van der Waals surface area contributed by atoms with E-state index in [9.17, 15) is 0 Å². The van der Waals surface area contributed by atoms with E-state index in [0.29, 0.717) is 5.25 Å². The maximum absolute atomic E-state index is 4.73. The Kier molecular flexibility index (Phi) is 4.29. The van der Waals surface area contributed by atoms with Crippen LogP contribution in [0.1, 0.15) is 18.2 Å². The number of nitrogens with one attached hydrogen (secondary N) is 1. The molecule has 1 atom stereocenters. The van der Waals surface area contributed by atoms with E-state index in [-0.39, 0.29) is 0 Å². The van der Waals surface area contributed by atoms with Crippen molar-refractivity contribution in [3.63, 3.8) is 0 Å². The number of pyridine rings is 1. The van der Waals surface area contributed by atoms with E-state index in [1.165, 1.54) is 11.3 Å². The summed E-state index contributed by atoms with van der Waals surface area (Å²) in [5.41, 5.74) is 2.43. The van der Waals surface area contributed by atoms with Crippen LogP contribution in [0.25, 0.3) is 0 Å². The Morgan fingerprint density at radius 2 is 2.35 bits per heavy atom. The second-order valence-electron chi connectivity index (χ2n) is 4.57. The Bertz CT molecular complexity index is 381. The van der Waals surface area contributed by atoms with Gasteiger partial charge in [-0.1, -0.05) is 13.0 Å². The molecule has 1 aliphatic rings. The fourth-order valence-electron chi connectivity index (χ4n) is 2.16. The molecule has 2 rings (SSSR count). The van der Waals surface area contributed by atoms with E-state index in [1.807, 2.05) is 7.05 Å². The highest BCUT2D eigenvalue weighted by molar-refractivity contribution is 8.00. The van der Waals surface area contributed by atoms with Crippen LogP contribution in [0, 0.1) is 6.92 Å². The molecular weight excluding hydrogens is 230 g/mol. The fourth-order valence-corrected chi connectivity index (χ4v) is 3.17. The van der Waals surface area contributed by atoms with E-state index < -0.39 is 0 Å². The Labute approximate surface area is 108 Å². The van der Waals surface area contributed by atoms with Gasteiger partial charge in [0.25, 0.3) is 0 Å². The summed E-state index contributed by atoms with van der Waals surface area (Å²) in [7, 11) is 1.97. The minimum atomic E-state index is 0.711. The van der Waals surface area contributed by atoms with E-state index in [0.717, 1.165) is 31.1 Å². The number of rotatable bonds is 3. The van der Waals surface area contributed by atoms with E-state index in [4.69, 9.17) is 4.98 Å². The third-order valence-electron chi connectivity index (χ3n) is 3.11. The predicted molar refractivity (Wildman–Crippen MR) is 75.9 cm³/mol. The quantitative estimate of drug-likeness (QED) is 0.890. The van der Waals surface area contributed by atoms with Gasteiger partial charge in [-0.25, -0.2) is 4.98 Å². The lowest BCUT2D eigenvalue weighted by Crippen LogP contribution is -2.37. The Morgan fingerprint density at radius 3 is 3.00 bits per heavy atom. The summed E-state index contributed by atoms with van der Waals surface area (Å²) in [4.78, 5) is 7.13. The van der Waals surface area contributed by atoms with Gasteiger partial charge in [-0.3, -0.25) is 0 Å². The van der Waals surface area contributed by atoms with Crippen LogP contribution >= 0.6 is 11.8 Å². The molecule has 0 amide bonds. The van der Waals surface area contributed by atoms with Gasteiger partial charge < -0.3 is 10.2 Å². The first-order chi connectivity index (χ1) is 8.20. The third kappa shape index (κ3) is 3.13. The summed E-state index contributed by atoms with van der Waals surface area (Å²) in [5.74, 6) is 2.34. The molecule has 1 aromatic heterocycles. The smallest absolute Gasteiger partial charge is 0.128 e. The highest BCUT2D eigenvalue weighted by Crippen LogP contribution is 2.23. The zero-order valence-corrected chi connectivity index (χ0v) is 11.7. The molecule has 0 bridgehead atoms. The van der Waals surface area contributed by atoms with E-state index in [2.05, 4.69) is 48.0 Å². The molecule has 1 unspecified atom stereocenters. The van der Waals surface area contributed by atoms with Crippen molar-refractivity contribution >= 4 is 17.6 Å². The Hall–Kier alpha value is -0.740. The number of nitrogens with zero attached hydrogens (tertiary/aromatic N) is 2. The number of hydrogen-bond acceptors (Lipinski definition) is 4. The van der Waals surface area contributed by atoms with Gasteiger partial charge in [0.15, 0.2) is 0 Å². The molecule has 1 fully saturated rings. The van der Waals surface area contributed by atoms with Crippen LogP contribution in [0.3, 0.4) is 0 Å². The number of aromatic nitrogens is 1. The molecule has 0 saturated carbocycles. The van der Waals surface area contributed by atoms with Crippen LogP contribution in [0.4, 0.5) is 5.82 Å². The fraction of sp³-hybridized carbons (Fsp3) is 0.615. The maximum atomic E-state index is 4.73. The van der Waals surface area contributed by atoms with Crippen LogP contribution in [-0.2, 0) is 6.54 Å². The Balaban J connectivity index is 2.13. The lowest BCUT2D eigenvalue weighted by Gasteiger charge is -2.31. The summed E-state index contributed by atoms with van der Waals surface area (Å²) in [6.45, 7) is 7.51. The van der Waals surface area contributed by atoms with E-state index >= 15 is 0 Å². The average molecular weight is 251 g/mol. The minimum absolute atomic E-state index is 0.711. The third-order valence-corrected chi connectivity index (χ3v) is 4.25. The van der Waals surface area contributed by atoms with Gasteiger partial charge in [-0.05, 0) is 25.6 Å². The molecule has 1 aliphatic heterocycles. The molecule has 0 aliphatic carbocycles. The first-order valence-electron chi connectivity index (χ1n) is 6.18. The lowest BCUT2D eigenvalue weighted by atomic mass is 10.2. The average Bonchev–Trinajstić information content (AvgIpc) is 2.32. The summed E-state index contributed by atoms with van der Waals surface area (Å²) in [6, 6.07) is 4.35. The van der Waals surface area contributed by atoms with Gasteiger partial charge in [-0.2, -0.15) is 11.8 Å². The van der Waals surface area contributed by atoms with Crippen molar-refractivity contribution < 1.29 is 0 Å². The molecule has 94 valence electrons. The molecule has 0 radical (unpaired) electrons. The second-order valence-corrected chi connectivity index (χ2v) is 6.12. The van der Waals surface area contributed by atoms with Gasteiger partial charge in [-0.15, -0.1) is 0 Å². The van der Waals surface area contributed by atoms with Crippen molar-refractivity contribution in [1.29, 1.82) is 0 Å². The first kappa shape index (κ1) is 12.7. The van der Waals surface area contributed by atoms with Crippen LogP contribution in [0.2, 0.25) is 0 Å². The van der Waals surface area contributed by atoms with Gasteiger partial charge in [0.05, 0.1) is 0 Å². The molecule has 0 spiro atoms. The number of thioether (sulfide) groups is 1. The maximum Gasteiger partial charge on any atom is 0.128 e. The number of anilines is 1. The van der Waals surface area contributed by atoms with Crippen LogP contribution in [-0.4, -0.2) is 36.1 Å². The molecule has 1 aromatic rings.